The molecular formula is C22H25FN2O3. The zero-order valence-electron chi connectivity index (χ0n) is 16.1. The Balaban J connectivity index is 1.43. The van der Waals surface area contributed by atoms with Gasteiger partial charge in [-0.2, -0.15) is 0 Å². The van der Waals surface area contributed by atoms with Gasteiger partial charge in [0.25, 0.3) is 0 Å². The van der Waals surface area contributed by atoms with Gasteiger partial charge < -0.3 is 14.5 Å². The lowest BCUT2D eigenvalue weighted by Crippen LogP contribution is -2.51. The van der Waals surface area contributed by atoms with Crippen LogP contribution < -0.4 is 4.74 Å². The maximum Gasteiger partial charge on any atom is 0.227 e. The summed E-state index contributed by atoms with van der Waals surface area (Å²) in [5, 5.41) is 0. The minimum Gasteiger partial charge on any atom is -0.497 e. The summed E-state index contributed by atoms with van der Waals surface area (Å²) in [6, 6.07) is 13.7. The number of piperazine rings is 1. The fraction of sp³-hybridized carbons (Fsp3) is 0.364. The molecule has 5 nitrogen and oxygen atoms in total. The van der Waals surface area contributed by atoms with Crippen molar-refractivity contribution in [2.24, 2.45) is 0 Å². The van der Waals surface area contributed by atoms with Gasteiger partial charge in [-0.25, -0.2) is 4.39 Å². The molecule has 1 aliphatic heterocycles. The molecule has 6 heteroatoms. The van der Waals surface area contributed by atoms with E-state index in [0.717, 1.165) is 16.9 Å². The lowest BCUT2D eigenvalue weighted by Gasteiger charge is -2.35. The van der Waals surface area contributed by atoms with Crippen LogP contribution in [0.1, 0.15) is 17.5 Å². The van der Waals surface area contributed by atoms with Crippen LogP contribution in [0.4, 0.5) is 4.39 Å². The summed E-state index contributed by atoms with van der Waals surface area (Å²) in [5.41, 5.74) is 1.90. The van der Waals surface area contributed by atoms with E-state index in [2.05, 4.69) is 0 Å². The summed E-state index contributed by atoms with van der Waals surface area (Å²) in [6.07, 6.45) is 1.34. The maximum atomic E-state index is 12.9. The molecule has 2 aromatic rings. The third-order valence-corrected chi connectivity index (χ3v) is 5.04. The zero-order chi connectivity index (χ0) is 19.9. The maximum absolute atomic E-state index is 12.9. The summed E-state index contributed by atoms with van der Waals surface area (Å²) < 4.78 is 18.1. The van der Waals surface area contributed by atoms with Crippen molar-refractivity contribution < 1.29 is 18.7 Å². The lowest BCUT2D eigenvalue weighted by atomic mass is 10.1. The number of carbonyl (C=O) groups excluding carboxylic acids is 2. The Kier molecular flexibility index (Phi) is 6.63. The fourth-order valence-corrected chi connectivity index (χ4v) is 3.30. The first-order chi connectivity index (χ1) is 13.5. The second kappa shape index (κ2) is 9.35. The molecule has 0 aliphatic carbocycles. The summed E-state index contributed by atoms with van der Waals surface area (Å²) >= 11 is 0. The van der Waals surface area contributed by atoms with Crippen molar-refractivity contribution in [3.8, 4) is 5.75 Å². The smallest absolute Gasteiger partial charge is 0.227 e. The van der Waals surface area contributed by atoms with E-state index in [4.69, 9.17) is 4.74 Å². The number of carbonyl (C=O) groups is 2. The molecule has 0 atom stereocenters. The number of benzene rings is 2. The number of hydrogen-bond acceptors (Lipinski definition) is 3. The number of halogens is 1. The van der Waals surface area contributed by atoms with Crippen LogP contribution in [-0.4, -0.2) is 54.9 Å². The van der Waals surface area contributed by atoms with Gasteiger partial charge in [-0.3, -0.25) is 9.59 Å². The van der Waals surface area contributed by atoms with Gasteiger partial charge in [0.15, 0.2) is 0 Å². The van der Waals surface area contributed by atoms with Crippen molar-refractivity contribution in [1.82, 2.24) is 9.80 Å². The number of aryl methyl sites for hydroxylation is 1. The first-order valence-electron chi connectivity index (χ1n) is 9.48. The van der Waals surface area contributed by atoms with E-state index in [1.807, 2.05) is 29.2 Å². The van der Waals surface area contributed by atoms with E-state index < -0.39 is 0 Å². The predicted molar refractivity (Wildman–Crippen MR) is 105 cm³/mol. The van der Waals surface area contributed by atoms with Crippen molar-refractivity contribution in [1.29, 1.82) is 0 Å². The van der Waals surface area contributed by atoms with Gasteiger partial charge in [-0.15, -0.1) is 0 Å². The van der Waals surface area contributed by atoms with Crippen LogP contribution in [0.3, 0.4) is 0 Å². The molecule has 0 radical (unpaired) electrons. The molecule has 0 saturated carbocycles. The van der Waals surface area contributed by atoms with Gasteiger partial charge in [0.2, 0.25) is 11.8 Å². The predicted octanol–water partition coefficient (Wildman–Crippen LogP) is 2.68. The Bertz CT molecular complexity index is 798. The normalized spacial score (nSPS) is 14.1. The van der Waals surface area contributed by atoms with Crippen LogP contribution in [0.15, 0.2) is 48.5 Å². The van der Waals surface area contributed by atoms with Gasteiger partial charge in [0.05, 0.1) is 13.5 Å². The topological polar surface area (TPSA) is 49.9 Å². The van der Waals surface area contributed by atoms with Crippen molar-refractivity contribution in [2.75, 3.05) is 33.3 Å². The standard InChI is InChI=1S/C22H25FN2O3/c1-28-20-9-4-18(5-10-20)16-22(27)25-14-12-24(13-15-25)21(26)11-6-17-2-7-19(23)8-3-17/h2-5,7-10H,6,11-16H2,1H3. The quantitative estimate of drug-likeness (QED) is 0.769. The Labute approximate surface area is 164 Å². The number of methoxy groups -OCH3 is 1. The van der Waals surface area contributed by atoms with Crippen molar-refractivity contribution in [3.05, 3.63) is 65.5 Å². The third-order valence-electron chi connectivity index (χ3n) is 5.04. The van der Waals surface area contributed by atoms with Crippen molar-refractivity contribution in [2.45, 2.75) is 19.3 Å². The van der Waals surface area contributed by atoms with Crippen molar-refractivity contribution >= 4 is 11.8 Å². The molecule has 2 amide bonds. The molecule has 1 saturated heterocycles. The minimum absolute atomic E-state index is 0.0728. The van der Waals surface area contributed by atoms with Crippen molar-refractivity contribution in [3.63, 3.8) is 0 Å². The summed E-state index contributed by atoms with van der Waals surface area (Å²) in [6.45, 7) is 2.21. The monoisotopic (exact) mass is 384 g/mol. The van der Waals surface area contributed by atoms with E-state index in [0.29, 0.717) is 45.4 Å². The van der Waals surface area contributed by atoms with E-state index in [-0.39, 0.29) is 17.6 Å². The molecular weight excluding hydrogens is 359 g/mol. The third kappa shape index (κ3) is 5.31. The molecule has 0 unspecified atom stereocenters. The van der Waals surface area contributed by atoms with E-state index in [9.17, 15) is 14.0 Å². The number of ether oxygens (including phenoxy) is 1. The molecule has 0 spiro atoms. The SMILES string of the molecule is COc1ccc(CC(=O)N2CCN(C(=O)CCc3ccc(F)cc3)CC2)cc1. The Morgan fingerprint density at radius 1 is 0.857 bits per heavy atom. The van der Waals surface area contributed by atoms with Crippen LogP contribution in [0.5, 0.6) is 5.75 Å². The van der Waals surface area contributed by atoms with Crippen LogP contribution in [0.2, 0.25) is 0 Å². The first-order valence-corrected chi connectivity index (χ1v) is 9.48. The molecule has 0 bridgehead atoms. The summed E-state index contributed by atoms with van der Waals surface area (Å²) in [4.78, 5) is 28.5. The molecule has 0 aromatic heterocycles. The van der Waals surface area contributed by atoms with E-state index >= 15 is 0 Å². The van der Waals surface area contributed by atoms with Crippen LogP contribution in [-0.2, 0) is 22.4 Å². The molecule has 0 N–H and O–H groups in total. The van der Waals surface area contributed by atoms with Gasteiger partial charge in [-0.05, 0) is 41.8 Å². The summed E-state index contributed by atoms with van der Waals surface area (Å²) in [5.74, 6) is 0.643. The molecule has 3 rings (SSSR count). The van der Waals surface area contributed by atoms with Crippen LogP contribution in [0, 0.1) is 5.82 Å². The number of nitrogens with zero attached hydrogens (tertiary/aromatic N) is 2. The largest absolute Gasteiger partial charge is 0.497 e. The van der Waals surface area contributed by atoms with Gasteiger partial charge in [0, 0.05) is 32.6 Å². The highest BCUT2D eigenvalue weighted by Crippen LogP contribution is 2.14. The Morgan fingerprint density at radius 2 is 1.39 bits per heavy atom. The lowest BCUT2D eigenvalue weighted by molar-refractivity contribution is -0.139. The second-order valence-electron chi connectivity index (χ2n) is 6.91. The van der Waals surface area contributed by atoms with E-state index in [1.165, 1.54) is 12.1 Å². The fourth-order valence-electron chi connectivity index (χ4n) is 3.30. The van der Waals surface area contributed by atoms with Gasteiger partial charge in [0.1, 0.15) is 11.6 Å². The number of amides is 2. The second-order valence-corrected chi connectivity index (χ2v) is 6.91. The molecule has 1 heterocycles. The van der Waals surface area contributed by atoms with Crippen LogP contribution in [0.25, 0.3) is 0 Å². The van der Waals surface area contributed by atoms with E-state index in [1.54, 1.807) is 24.1 Å². The molecule has 1 fully saturated rings. The molecule has 148 valence electrons. The molecule has 28 heavy (non-hydrogen) atoms. The number of rotatable bonds is 6. The average molecular weight is 384 g/mol. The van der Waals surface area contributed by atoms with Crippen LogP contribution >= 0.6 is 0 Å². The zero-order valence-corrected chi connectivity index (χ0v) is 16.1. The average Bonchev–Trinajstić information content (AvgIpc) is 2.73. The summed E-state index contributed by atoms with van der Waals surface area (Å²) in [7, 11) is 1.61. The van der Waals surface area contributed by atoms with Gasteiger partial charge >= 0.3 is 0 Å². The van der Waals surface area contributed by atoms with Gasteiger partial charge in [-0.1, -0.05) is 24.3 Å². The Morgan fingerprint density at radius 3 is 1.96 bits per heavy atom. The highest BCUT2D eigenvalue weighted by atomic mass is 19.1. The first kappa shape index (κ1) is 19.9. The molecule has 2 aromatic carbocycles. The Hall–Kier alpha value is -2.89. The number of hydrogen-bond donors (Lipinski definition) is 0. The highest BCUT2D eigenvalue weighted by Gasteiger charge is 2.23. The minimum atomic E-state index is -0.273. The molecule has 1 aliphatic rings. The highest BCUT2D eigenvalue weighted by molar-refractivity contribution is 5.80.